The van der Waals surface area contributed by atoms with Crippen LogP contribution in [0, 0.1) is 0 Å². The smallest absolute Gasteiger partial charge is 0.213 e. The molecule has 4 aromatic carbocycles. The molecule has 1 aromatic heterocycles. The summed E-state index contributed by atoms with van der Waals surface area (Å²) in [6.07, 6.45) is 1.52. The van der Waals surface area contributed by atoms with Gasteiger partial charge in [0.15, 0.2) is 0 Å². The van der Waals surface area contributed by atoms with E-state index >= 15 is 0 Å². The Morgan fingerprint density at radius 1 is 0.500 bits per heavy atom. The van der Waals surface area contributed by atoms with Crippen LogP contribution in [0.25, 0.3) is 11.1 Å². The Morgan fingerprint density at radius 3 is 1.50 bits per heavy atom. The van der Waals surface area contributed by atoms with Crippen LogP contribution in [0.4, 0.5) is 0 Å². The molecule has 0 aliphatic heterocycles. The standard InChI is InChI=1S/C35H33NO4/c1-4-10-28(11-5-1)23-37-26-34(27-38-24-29-12-6-2-7-13-29)40-35-21-18-32(22-36-35)31-16-19-33(20-17-31)39-25-30-14-8-3-9-15-30/h1-22,34H,23-27H2. The number of nitrogens with zero attached hydrogens (tertiary/aromatic N) is 1. The molecule has 0 radical (unpaired) electrons. The molecule has 5 aromatic rings. The SMILES string of the molecule is c1ccc(COCC(COCc2ccccc2)Oc2ccc(-c3ccc(OCc4ccccc4)cc3)cn2)cc1. The van der Waals surface area contributed by atoms with Crippen molar-refractivity contribution in [3.8, 4) is 22.8 Å². The lowest BCUT2D eigenvalue weighted by molar-refractivity contribution is -0.0173. The van der Waals surface area contributed by atoms with E-state index in [9.17, 15) is 0 Å². The maximum Gasteiger partial charge on any atom is 0.213 e. The molecule has 5 heteroatoms. The highest BCUT2D eigenvalue weighted by Gasteiger charge is 2.13. The third-order valence-electron chi connectivity index (χ3n) is 6.29. The van der Waals surface area contributed by atoms with Gasteiger partial charge in [0.2, 0.25) is 5.88 Å². The summed E-state index contributed by atoms with van der Waals surface area (Å²) < 4.78 is 24.0. The highest BCUT2D eigenvalue weighted by molar-refractivity contribution is 5.63. The van der Waals surface area contributed by atoms with E-state index in [1.165, 1.54) is 0 Å². The van der Waals surface area contributed by atoms with Crippen molar-refractivity contribution in [2.75, 3.05) is 13.2 Å². The van der Waals surface area contributed by atoms with Crippen LogP contribution in [0.1, 0.15) is 16.7 Å². The first kappa shape index (κ1) is 27.1. The largest absolute Gasteiger partial charge is 0.489 e. The number of hydrogen-bond acceptors (Lipinski definition) is 5. The first-order valence-electron chi connectivity index (χ1n) is 13.4. The van der Waals surface area contributed by atoms with Crippen LogP contribution in [0.5, 0.6) is 11.6 Å². The van der Waals surface area contributed by atoms with Gasteiger partial charge in [-0.05, 0) is 40.5 Å². The Bertz CT molecular complexity index is 1350. The molecule has 5 rings (SSSR count). The van der Waals surface area contributed by atoms with Crippen molar-refractivity contribution in [2.24, 2.45) is 0 Å². The summed E-state index contributed by atoms with van der Waals surface area (Å²) in [6, 6.07) is 42.3. The maximum absolute atomic E-state index is 6.19. The average molecular weight is 532 g/mol. The van der Waals surface area contributed by atoms with Gasteiger partial charge >= 0.3 is 0 Å². The lowest BCUT2D eigenvalue weighted by Gasteiger charge is -2.19. The van der Waals surface area contributed by atoms with Crippen LogP contribution in [-0.4, -0.2) is 24.3 Å². The van der Waals surface area contributed by atoms with Gasteiger partial charge in [-0.1, -0.05) is 103 Å². The topological polar surface area (TPSA) is 49.8 Å². The van der Waals surface area contributed by atoms with Crippen LogP contribution in [-0.2, 0) is 29.3 Å². The lowest BCUT2D eigenvalue weighted by Crippen LogP contribution is -2.29. The van der Waals surface area contributed by atoms with Crippen molar-refractivity contribution in [2.45, 2.75) is 25.9 Å². The van der Waals surface area contributed by atoms with E-state index < -0.39 is 0 Å². The molecule has 0 unspecified atom stereocenters. The molecule has 0 amide bonds. The van der Waals surface area contributed by atoms with Crippen LogP contribution in [0.3, 0.4) is 0 Å². The van der Waals surface area contributed by atoms with Gasteiger partial charge in [0.05, 0.1) is 26.4 Å². The van der Waals surface area contributed by atoms with E-state index in [0.717, 1.165) is 33.6 Å². The maximum atomic E-state index is 6.19. The molecule has 0 saturated heterocycles. The Balaban J connectivity index is 1.16. The monoisotopic (exact) mass is 531 g/mol. The third-order valence-corrected chi connectivity index (χ3v) is 6.29. The summed E-state index contributed by atoms with van der Waals surface area (Å²) in [5, 5.41) is 0. The van der Waals surface area contributed by atoms with Crippen molar-refractivity contribution >= 4 is 0 Å². The average Bonchev–Trinajstić information content (AvgIpc) is 3.02. The van der Waals surface area contributed by atoms with E-state index in [2.05, 4.69) is 17.1 Å². The number of ether oxygens (including phenoxy) is 4. The molecule has 0 aliphatic carbocycles. The van der Waals surface area contributed by atoms with Crippen molar-refractivity contribution in [3.63, 3.8) is 0 Å². The lowest BCUT2D eigenvalue weighted by atomic mass is 10.1. The Kier molecular flexibility index (Phi) is 9.93. The fourth-order valence-electron chi connectivity index (χ4n) is 4.16. The molecule has 0 N–H and O–H groups in total. The van der Waals surface area contributed by atoms with Gasteiger partial charge in [0.1, 0.15) is 18.5 Å². The summed E-state index contributed by atoms with van der Waals surface area (Å²) in [6.45, 7) is 2.34. The van der Waals surface area contributed by atoms with Crippen LogP contribution < -0.4 is 9.47 Å². The molecule has 202 valence electrons. The van der Waals surface area contributed by atoms with Crippen LogP contribution in [0.15, 0.2) is 134 Å². The molecule has 0 bridgehead atoms. The van der Waals surface area contributed by atoms with Crippen molar-refractivity contribution < 1.29 is 18.9 Å². The summed E-state index contributed by atoms with van der Waals surface area (Å²) in [5.41, 5.74) is 5.43. The predicted octanol–water partition coefficient (Wildman–Crippen LogP) is 7.51. The molecular weight excluding hydrogens is 498 g/mol. The molecule has 40 heavy (non-hydrogen) atoms. The molecule has 0 aliphatic rings. The molecule has 0 atom stereocenters. The van der Waals surface area contributed by atoms with E-state index in [1.54, 1.807) is 0 Å². The zero-order chi connectivity index (χ0) is 27.2. The summed E-state index contributed by atoms with van der Waals surface area (Å²) >= 11 is 0. The summed E-state index contributed by atoms with van der Waals surface area (Å²) in [7, 11) is 0. The highest BCUT2D eigenvalue weighted by atomic mass is 16.6. The zero-order valence-corrected chi connectivity index (χ0v) is 22.4. The first-order chi connectivity index (χ1) is 19.8. The normalized spacial score (nSPS) is 10.9. The minimum atomic E-state index is -0.299. The van der Waals surface area contributed by atoms with Gasteiger partial charge in [-0.25, -0.2) is 4.98 Å². The third kappa shape index (κ3) is 8.53. The Labute approximate surface area is 236 Å². The second kappa shape index (κ2) is 14.6. The number of pyridine rings is 1. The van der Waals surface area contributed by atoms with Crippen LogP contribution in [0.2, 0.25) is 0 Å². The van der Waals surface area contributed by atoms with Crippen molar-refractivity contribution in [3.05, 3.63) is 150 Å². The summed E-state index contributed by atoms with van der Waals surface area (Å²) in [5.74, 6) is 1.36. The van der Waals surface area contributed by atoms with Gasteiger partial charge in [0, 0.05) is 17.8 Å². The van der Waals surface area contributed by atoms with Crippen molar-refractivity contribution in [1.29, 1.82) is 0 Å². The van der Waals surface area contributed by atoms with Gasteiger partial charge in [-0.15, -0.1) is 0 Å². The van der Waals surface area contributed by atoms with Gasteiger partial charge in [-0.2, -0.15) is 0 Å². The molecule has 0 spiro atoms. The van der Waals surface area contributed by atoms with Gasteiger partial charge in [-0.3, -0.25) is 0 Å². The van der Waals surface area contributed by atoms with Crippen molar-refractivity contribution in [1.82, 2.24) is 4.98 Å². The Morgan fingerprint density at radius 2 is 1.00 bits per heavy atom. The number of aromatic nitrogens is 1. The first-order valence-corrected chi connectivity index (χ1v) is 13.4. The van der Waals surface area contributed by atoms with E-state index in [1.807, 2.05) is 121 Å². The molecule has 1 heterocycles. The molecule has 0 fully saturated rings. The predicted molar refractivity (Wildman–Crippen MR) is 157 cm³/mol. The Hall–Kier alpha value is -4.45. The van der Waals surface area contributed by atoms with E-state index in [4.69, 9.17) is 18.9 Å². The second-order valence-corrected chi connectivity index (χ2v) is 9.43. The quantitative estimate of drug-likeness (QED) is 0.148. The fourth-order valence-corrected chi connectivity index (χ4v) is 4.16. The molecule has 0 saturated carbocycles. The fraction of sp³-hybridized carbons (Fsp3) is 0.171. The van der Waals surface area contributed by atoms with Crippen LogP contribution >= 0.6 is 0 Å². The van der Waals surface area contributed by atoms with E-state index in [-0.39, 0.29) is 6.10 Å². The number of hydrogen-bond donors (Lipinski definition) is 0. The number of rotatable bonds is 14. The highest BCUT2D eigenvalue weighted by Crippen LogP contribution is 2.24. The minimum Gasteiger partial charge on any atom is -0.489 e. The molecular formula is C35H33NO4. The molecule has 5 nitrogen and oxygen atoms in total. The summed E-state index contributed by atoms with van der Waals surface area (Å²) in [4.78, 5) is 4.56. The minimum absolute atomic E-state index is 0.299. The zero-order valence-electron chi connectivity index (χ0n) is 22.4. The van der Waals surface area contributed by atoms with Gasteiger partial charge in [0.25, 0.3) is 0 Å². The van der Waals surface area contributed by atoms with E-state index in [0.29, 0.717) is 38.9 Å². The second-order valence-electron chi connectivity index (χ2n) is 9.43. The van der Waals surface area contributed by atoms with Gasteiger partial charge < -0.3 is 18.9 Å². The number of benzene rings is 4.